The van der Waals surface area contributed by atoms with Gasteiger partial charge in [-0.05, 0) is 48.7 Å². The molecule has 1 aromatic heterocycles. The fraction of sp³-hybridized carbons (Fsp3) is 0.214. The van der Waals surface area contributed by atoms with E-state index >= 15 is 0 Å². The number of aryl methyl sites for hydroxylation is 1. The molecule has 0 aliphatic rings. The van der Waals surface area contributed by atoms with Crippen LogP contribution in [0.4, 0.5) is 4.39 Å². The second-order valence-corrected chi connectivity index (χ2v) is 4.83. The molecule has 0 aliphatic heterocycles. The van der Waals surface area contributed by atoms with Gasteiger partial charge in [-0.3, -0.25) is 16.3 Å². The number of pyridine rings is 1. The Labute approximate surface area is 116 Å². The molecule has 0 aliphatic carbocycles. The summed E-state index contributed by atoms with van der Waals surface area (Å²) in [4.78, 5) is 4.23. The molecule has 0 bridgehead atoms. The topological polar surface area (TPSA) is 50.9 Å². The molecule has 19 heavy (non-hydrogen) atoms. The first-order valence-corrected chi connectivity index (χ1v) is 6.30. The molecule has 1 atom stereocenters. The number of hydrogen-bond acceptors (Lipinski definition) is 3. The first-order chi connectivity index (χ1) is 9.10. The highest BCUT2D eigenvalue weighted by Gasteiger charge is 2.13. The Bertz CT molecular complexity index is 557. The van der Waals surface area contributed by atoms with Gasteiger partial charge in [0.25, 0.3) is 0 Å². The number of nitrogens with zero attached hydrogens (tertiary/aromatic N) is 1. The highest BCUT2D eigenvalue weighted by Crippen LogP contribution is 2.20. The van der Waals surface area contributed by atoms with Gasteiger partial charge < -0.3 is 0 Å². The molecule has 5 heteroatoms. The Hall–Kier alpha value is -1.49. The van der Waals surface area contributed by atoms with Crippen LogP contribution in [-0.4, -0.2) is 4.98 Å². The van der Waals surface area contributed by atoms with Crippen LogP contribution in [0.3, 0.4) is 0 Å². The highest BCUT2D eigenvalue weighted by molar-refractivity contribution is 6.30. The predicted octanol–water partition coefficient (Wildman–Crippen LogP) is 2.93. The van der Waals surface area contributed by atoms with Crippen LogP contribution in [0.2, 0.25) is 5.02 Å². The van der Waals surface area contributed by atoms with Gasteiger partial charge in [0.1, 0.15) is 5.82 Å². The molecule has 1 aromatic carbocycles. The maximum atomic E-state index is 13.3. The van der Waals surface area contributed by atoms with Crippen molar-refractivity contribution in [3.05, 3.63) is 64.2 Å². The first kappa shape index (κ1) is 13.9. The van der Waals surface area contributed by atoms with Crippen molar-refractivity contribution < 1.29 is 4.39 Å². The number of benzene rings is 1. The second-order valence-electron chi connectivity index (χ2n) is 4.40. The Balaban J connectivity index is 2.23. The van der Waals surface area contributed by atoms with Crippen molar-refractivity contribution in [3.8, 4) is 0 Å². The van der Waals surface area contributed by atoms with Crippen LogP contribution in [0.1, 0.15) is 22.9 Å². The fourth-order valence-electron chi connectivity index (χ4n) is 1.92. The lowest BCUT2D eigenvalue weighted by atomic mass is 9.99. The molecule has 3 nitrogen and oxygen atoms in total. The van der Waals surface area contributed by atoms with E-state index in [2.05, 4.69) is 10.4 Å². The molecule has 1 unspecified atom stereocenters. The lowest BCUT2D eigenvalue weighted by Gasteiger charge is -2.16. The SMILES string of the molecule is Cc1ccc(F)cc1CC(NN)c1ccc(Cl)cn1. The van der Waals surface area contributed by atoms with E-state index in [9.17, 15) is 4.39 Å². The van der Waals surface area contributed by atoms with Gasteiger partial charge in [0.05, 0.1) is 16.8 Å². The van der Waals surface area contributed by atoms with Crippen LogP contribution in [0, 0.1) is 12.7 Å². The van der Waals surface area contributed by atoms with Crippen molar-refractivity contribution in [2.24, 2.45) is 5.84 Å². The van der Waals surface area contributed by atoms with Gasteiger partial charge in [-0.1, -0.05) is 17.7 Å². The number of halogens is 2. The maximum absolute atomic E-state index is 13.3. The zero-order valence-corrected chi connectivity index (χ0v) is 11.3. The molecule has 0 radical (unpaired) electrons. The second kappa shape index (κ2) is 6.10. The summed E-state index contributed by atoms with van der Waals surface area (Å²) in [6, 6.07) is 8.11. The Morgan fingerprint density at radius 3 is 2.79 bits per heavy atom. The average Bonchev–Trinajstić information content (AvgIpc) is 2.41. The highest BCUT2D eigenvalue weighted by atomic mass is 35.5. The summed E-state index contributed by atoms with van der Waals surface area (Å²) in [7, 11) is 0. The molecular formula is C14H15ClFN3. The van der Waals surface area contributed by atoms with E-state index < -0.39 is 0 Å². The van der Waals surface area contributed by atoms with E-state index in [0.29, 0.717) is 11.4 Å². The summed E-state index contributed by atoms with van der Waals surface area (Å²) in [6.07, 6.45) is 2.13. The molecule has 0 saturated heterocycles. The standard InChI is InChI=1S/C14H15ClFN3/c1-9-2-4-12(16)6-10(9)7-14(19-17)13-5-3-11(15)8-18-13/h2-6,8,14,19H,7,17H2,1H3. The van der Waals surface area contributed by atoms with Crippen LogP contribution in [0.25, 0.3) is 0 Å². The monoisotopic (exact) mass is 279 g/mol. The van der Waals surface area contributed by atoms with Crippen LogP contribution >= 0.6 is 11.6 Å². The van der Waals surface area contributed by atoms with E-state index in [4.69, 9.17) is 17.4 Å². The summed E-state index contributed by atoms with van der Waals surface area (Å²) in [5.74, 6) is 5.31. The Morgan fingerprint density at radius 2 is 2.16 bits per heavy atom. The number of hydrogen-bond donors (Lipinski definition) is 2. The average molecular weight is 280 g/mol. The van der Waals surface area contributed by atoms with E-state index in [-0.39, 0.29) is 11.9 Å². The zero-order chi connectivity index (χ0) is 13.8. The molecular weight excluding hydrogens is 265 g/mol. The molecule has 3 N–H and O–H groups in total. The first-order valence-electron chi connectivity index (χ1n) is 5.92. The van der Waals surface area contributed by atoms with Gasteiger partial charge in [-0.15, -0.1) is 0 Å². The minimum Gasteiger partial charge on any atom is -0.271 e. The summed E-state index contributed by atoms with van der Waals surface area (Å²) in [5.41, 5.74) is 5.40. The molecule has 0 spiro atoms. The van der Waals surface area contributed by atoms with Gasteiger partial charge in [0.15, 0.2) is 0 Å². The normalized spacial score (nSPS) is 12.4. The predicted molar refractivity (Wildman–Crippen MR) is 74.2 cm³/mol. The summed E-state index contributed by atoms with van der Waals surface area (Å²) in [6.45, 7) is 1.94. The zero-order valence-electron chi connectivity index (χ0n) is 10.5. The van der Waals surface area contributed by atoms with Gasteiger partial charge >= 0.3 is 0 Å². The summed E-state index contributed by atoms with van der Waals surface area (Å²) < 4.78 is 13.3. The lowest BCUT2D eigenvalue weighted by molar-refractivity contribution is 0.534. The minimum absolute atomic E-state index is 0.183. The number of rotatable bonds is 4. The summed E-state index contributed by atoms with van der Waals surface area (Å²) >= 11 is 5.80. The van der Waals surface area contributed by atoms with Crippen LogP contribution < -0.4 is 11.3 Å². The van der Waals surface area contributed by atoms with Crippen LogP contribution in [0.15, 0.2) is 36.5 Å². The molecule has 1 heterocycles. The van der Waals surface area contributed by atoms with Crippen molar-refractivity contribution in [2.75, 3.05) is 0 Å². The van der Waals surface area contributed by atoms with E-state index in [0.717, 1.165) is 16.8 Å². The Morgan fingerprint density at radius 1 is 1.37 bits per heavy atom. The van der Waals surface area contributed by atoms with Gasteiger partial charge in [-0.25, -0.2) is 4.39 Å². The largest absolute Gasteiger partial charge is 0.271 e. The van der Waals surface area contributed by atoms with E-state index in [1.54, 1.807) is 18.3 Å². The van der Waals surface area contributed by atoms with E-state index in [1.807, 2.05) is 13.0 Å². The molecule has 2 rings (SSSR count). The number of aromatic nitrogens is 1. The van der Waals surface area contributed by atoms with Gasteiger partial charge in [0, 0.05) is 6.20 Å². The third kappa shape index (κ3) is 3.50. The number of hydrazine groups is 1. The molecule has 100 valence electrons. The van der Waals surface area contributed by atoms with Crippen molar-refractivity contribution in [3.63, 3.8) is 0 Å². The fourth-order valence-corrected chi connectivity index (χ4v) is 2.03. The lowest BCUT2D eigenvalue weighted by Crippen LogP contribution is -2.30. The third-order valence-corrected chi connectivity index (χ3v) is 3.27. The van der Waals surface area contributed by atoms with Crippen LogP contribution in [-0.2, 0) is 6.42 Å². The van der Waals surface area contributed by atoms with Gasteiger partial charge in [0.2, 0.25) is 0 Å². The van der Waals surface area contributed by atoms with Gasteiger partial charge in [-0.2, -0.15) is 0 Å². The molecule has 0 saturated carbocycles. The van der Waals surface area contributed by atoms with E-state index in [1.165, 1.54) is 12.1 Å². The van der Waals surface area contributed by atoms with Crippen molar-refractivity contribution in [1.29, 1.82) is 0 Å². The maximum Gasteiger partial charge on any atom is 0.123 e. The van der Waals surface area contributed by atoms with Crippen molar-refractivity contribution >= 4 is 11.6 Å². The third-order valence-electron chi connectivity index (χ3n) is 3.04. The molecule has 2 aromatic rings. The van der Waals surface area contributed by atoms with Crippen molar-refractivity contribution in [1.82, 2.24) is 10.4 Å². The Kier molecular flexibility index (Phi) is 4.47. The number of nitrogens with one attached hydrogen (secondary N) is 1. The smallest absolute Gasteiger partial charge is 0.123 e. The van der Waals surface area contributed by atoms with Crippen molar-refractivity contribution in [2.45, 2.75) is 19.4 Å². The van der Waals surface area contributed by atoms with Crippen LogP contribution in [0.5, 0.6) is 0 Å². The quantitative estimate of drug-likeness (QED) is 0.668. The number of nitrogens with two attached hydrogens (primary N) is 1. The molecule has 0 fully saturated rings. The minimum atomic E-state index is -0.250. The summed E-state index contributed by atoms with van der Waals surface area (Å²) in [5, 5.41) is 0.571. The molecule has 0 amide bonds.